The van der Waals surface area contributed by atoms with Crippen molar-refractivity contribution < 1.29 is 2.74 Å². The third-order valence-electron chi connectivity index (χ3n) is 4.93. The minimum absolute atomic E-state index is 0.288. The second kappa shape index (κ2) is 3.40. The molecule has 0 unspecified atom stereocenters. The maximum absolute atomic E-state index is 9.21. The number of fused-ring (bicyclic) bond motifs is 2. The van der Waals surface area contributed by atoms with Crippen LogP contribution in [0.15, 0.2) is 24.4 Å². The van der Waals surface area contributed by atoms with Crippen molar-refractivity contribution in [1.82, 2.24) is 4.98 Å². The Morgan fingerprint density at radius 2 is 2.11 bits per heavy atom. The highest BCUT2D eigenvalue weighted by Crippen LogP contribution is 2.55. The summed E-state index contributed by atoms with van der Waals surface area (Å²) in [6.45, 7) is 4.33. The predicted molar refractivity (Wildman–Crippen MR) is 76.0 cm³/mol. The molecule has 0 saturated heterocycles. The van der Waals surface area contributed by atoms with Gasteiger partial charge >= 0.3 is 0 Å². The summed E-state index contributed by atoms with van der Waals surface area (Å²) in [5.41, 5.74) is 3.12. The first-order valence-corrected chi connectivity index (χ1v) is 7.03. The maximum Gasteiger partial charge on any atom is 0.0459 e. The van der Waals surface area contributed by atoms with Crippen LogP contribution in [0.3, 0.4) is 0 Å². The van der Waals surface area contributed by atoms with E-state index in [9.17, 15) is 1.37 Å². The SMILES string of the molecule is [2H][C@@]12CCCC[C@@]1([2H])C(C)(C)c1cccc3[nH]cc2c13. The summed E-state index contributed by atoms with van der Waals surface area (Å²) in [7, 11) is 0. The van der Waals surface area contributed by atoms with Crippen LogP contribution >= 0.6 is 0 Å². The zero-order valence-corrected chi connectivity index (χ0v) is 11.1. The highest BCUT2D eigenvalue weighted by Gasteiger charge is 2.44. The van der Waals surface area contributed by atoms with Crippen molar-refractivity contribution in [3.63, 3.8) is 0 Å². The smallest absolute Gasteiger partial charge is 0.0459 e. The molecule has 18 heavy (non-hydrogen) atoms. The Morgan fingerprint density at radius 3 is 3.00 bits per heavy atom. The lowest BCUT2D eigenvalue weighted by Crippen LogP contribution is -2.38. The molecular weight excluding hydrogens is 218 g/mol. The van der Waals surface area contributed by atoms with E-state index in [1.807, 2.05) is 6.20 Å². The summed E-state index contributed by atoms with van der Waals surface area (Å²) in [6.07, 6.45) is 5.76. The Bertz CT molecular complexity index is 702. The van der Waals surface area contributed by atoms with Crippen LogP contribution in [0.5, 0.6) is 0 Å². The largest absolute Gasteiger partial charge is 0.361 e. The number of benzene rings is 1. The van der Waals surface area contributed by atoms with E-state index in [0.717, 1.165) is 36.8 Å². The average molecular weight is 241 g/mol. The van der Waals surface area contributed by atoms with Gasteiger partial charge in [-0.3, -0.25) is 0 Å². The van der Waals surface area contributed by atoms with Gasteiger partial charge in [0.25, 0.3) is 0 Å². The maximum atomic E-state index is 9.21. The highest BCUT2D eigenvalue weighted by atomic mass is 14.7. The van der Waals surface area contributed by atoms with Crippen LogP contribution in [0.4, 0.5) is 0 Å². The molecule has 4 rings (SSSR count). The van der Waals surface area contributed by atoms with E-state index in [1.54, 1.807) is 0 Å². The summed E-state index contributed by atoms with van der Waals surface area (Å²) in [4.78, 5) is 3.33. The molecule has 1 heteroatoms. The number of H-pyrrole nitrogens is 1. The normalized spacial score (nSPS) is 39.0. The van der Waals surface area contributed by atoms with Gasteiger partial charge in [0, 0.05) is 19.8 Å². The number of hydrogen-bond acceptors (Lipinski definition) is 0. The highest BCUT2D eigenvalue weighted by molar-refractivity contribution is 5.89. The summed E-state index contributed by atoms with van der Waals surface area (Å²) in [5, 5.41) is 1.21. The Hall–Kier alpha value is -1.24. The molecule has 1 heterocycles. The van der Waals surface area contributed by atoms with Gasteiger partial charge in [-0.2, -0.15) is 0 Å². The number of aromatic nitrogens is 1. The van der Waals surface area contributed by atoms with Crippen molar-refractivity contribution in [3.05, 3.63) is 35.5 Å². The van der Waals surface area contributed by atoms with E-state index < -0.39 is 11.8 Å². The first-order valence-electron chi connectivity index (χ1n) is 8.03. The van der Waals surface area contributed by atoms with Crippen LogP contribution < -0.4 is 0 Å². The third kappa shape index (κ3) is 1.18. The van der Waals surface area contributed by atoms with Crippen molar-refractivity contribution in [2.45, 2.75) is 50.8 Å². The van der Waals surface area contributed by atoms with Crippen molar-refractivity contribution in [2.24, 2.45) is 5.89 Å². The van der Waals surface area contributed by atoms with Crippen LogP contribution in [-0.4, -0.2) is 4.98 Å². The van der Waals surface area contributed by atoms with Gasteiger partial charge < -0.3 is 4.98 Å². The molecule has 2 aliphatic rings. The minimum Gasteiger partial charge on any atom is -0.361 e. The lowest BCUT2D eigenvalue weighted by atomic mass is 9.57. The van der Waals surface area contributed by atoms with Gasteiger partial charge in [0.2, 0.25) is 0 Å². The Balaban J connectivity index is 2.16. The van der Waals surface area contributed by atoms with Crippen LogP contribution in [0.1, 0.15) is 59.3 Å². The molecule has 0 bridgehead atoms. The fourth-order valence-electron chi connectivity index (χ4n) is 4.00. The van der Waals surface area contributed by atoms with Crippen LogP contribution in [-0.2, 0) is 5.41 Å². The van der Waals surface area contributed by atoms with Gasteiger partial charge in [-0.05, 0) is 47.2 Å². The topological polar surface area (TPSA) is 15.8 Å². The van der Waals surface area contributed by atoms with Gasteiger partial charge in [-0.1, -0.05) is 38.8 Å². The van der Waals surface area contributed by atoms with Crippen molar-refractivity contribution in [3.8, 4) is 0 Å². The molecule has 0 spiro atoms. The molecule has 0 radical (unpaired) electrons. The van der Waals surface area contributed by atoms with Gasteiger partial charge in [0.05, 0.1) is 0 Å². The lowest BCUT2D eigenvalue weighted by Gasteiger charge is -2.46. The zero-order chi connectivity index (χ0) is 14.2. The molecule has 1 nitrogen and oxygen atoms in total. The quantitative estimate of drug-likeness (QED) is 0.686. The number of rotatable bonds is 0. The molecular formula is C17H21N. The van der Waals surface area contributed by atoms with Crippen molar-refractivity contribution >= 4 is 10.9 Å². The summed E-state index contributed by atoms with van der Waals surface area (Å²) in [5.74, 6) is -1.51. The van der Waals surface area contributed by atoms with Crippen LogP contribution in [0.2, 0.25) is 0 Å². The van der Waals surface area contributed by atoms with Gasteiger partial charge in [0.15, 0.2) is 0 Å². The summed E-state index contributed by atoms with van der Waals surface area (Å²) in [6, 6.07) is 6.31. The molecule has 1 N–H and O–H groups in total. The van der Waals surface area contributed by atoms with Gasteiger partial charge in [-0.25, -0.2) is 0 Å². The standard InChI is InChI=1S/C17H21N/c1-17(2)13-7-4-3-6-11(13)12-10-18-15-9-5-8-14(17)16(12)15/h5,8-11,13,18H,3-4,6-7H2,1-2H3/t11-,13+/m0/s1/i11D,13D. The first-order chi connectivity index (χ1) is 9.42. The second-order valence-electron chi connectivity index (χ2n) is 6.22. The second-order valence-corrected chi connectivity index (χ2v) is 6.22. The average Bonchev–Trinajstić information content (AvgIpc) is 2.85. The number of nitrogens with one attached hydrogen (secondary N) is 1. The monoisotopic (exact) mass is 241 g/mol. The first kappa shape index (κ1) is 8.79. The molecule has 1 aromatic heterocycles. The number of hydrogen-bond donors (Lipinski definition) is 1. The fourth-order valence-corrected chi connectivity index (χ4v) is 4.00. The zero-order valence-electron chi connectivity index (χ0n) is 13.1. The summed E-state index contributed by atoms with van der Waals surface area (Å²) < 4.78 is 18.4. The molecule has 1 aromatic carbocycles. The van der Waals surface area contributed by atoms with Crippen LogP contribution in [0.25, 0.3) is 10.9 Å². The molecule has 0 aliphatic heterocycles. The molecule has 0 amide bonds. The van der Waals surface area contributed by atoms with E-state index >= 15 is 0 Å². The molecule has 2 aliphatic carbocycles. The van der Waals surface area contributed by atoms with Crippen LogP contribution in [0, 0.1) is 5.89 Å². The Labute approximate surface area is 111 Å². The lowest BCUT2D eigenvalue weighted by molar-refractivity contribution is 0.196. The molecule has 2 atom stereocenters. The fraction of sp³-hybridized carbons (Fsp3) is 0.529. The molecule has 1 saturated carbocycles. The Morgan fingerprint density at radius 1 is 1.28 bits per heavy atom. The molecule has 1 fully saturated rings. The van der Waals surface area contributed by atoms with Gasteiger partial charge in [0.1, 0.15) is 0 Å². The van der Waals surface area contributed by atoms with Gasteiger partial charge in [-0.15, -0.1) is 0 Å². The van der Waals surface area contributed by atoms with E-state index in [-0.39, 0.29) is 5.41 Å². The van der Waals surface area contributed by atoms with Crippen molar-refractivity contribution in [1.29, 1.82) is 0 Å². The molecule has 2 aromatic rings. The van der Waals surface area contributed by atoms with E-state index in [0.29, 0.717) is 0 Å². The Kier molecular flexibility index (Phi) is 1.66. The summed E-state index contributed by atoms with van der Waals surface area (Å²) >= 11 is 0. The molecule has 94 valence electrons. The minimum atomic E-state index is -0.776. The van der Waals surface area contributed by atoms with E-state index in [2.05, 4.69) is 37.0 Å². The van der Waals surface area contributed by atoms with E-state index in [4.69, 9.17) is 1.37 Å². The third-order valence-corrected chi connectivity index (χ3v) is 4.93. The van der Waals surface area contributed by atoms with E-state index in [1.165, 1.54) is 10.9 Å². The van der Waals surface area contributed by atoms with Crippen molar-refractivity contribution in [2.75, 3.05) is 0 Å². The number of aromatic amines is 1. The predicted octanol–water partition coefficient (Wildman–Crippen LogP) is 4.73.